The van der Waals surface area contributed by atoms with Crippen LogP contribution in [-0.4, -0.2) is 6.61 Å². The molecule has 0 bridgehead atoms. The summed E-state index contributed by atoms with van der Waals surface area (Å²) in [7, 11) is 0. The van der Waals surface area contributed by atoms with Gasteiger partial charge in [0.1, 0.15) is 5.75 Å². The van der Waals surface area contributed by atoms with Crippen LogP contribution in [0.2, 0.25) is 0 Å². The first kappa shape index (κ1) is 11.5. The lowest BCUT2D eigenvalue weighted by Gasteiger charge is -2.13. The van der Waals surface area contributed by atoms with Crippen LogP contribution < -0.4 is 10.5 Å². The summed E-state index contributed by atoms with van der Waals surface area (Å²) in [6.07, 6.45) is 0. The second-order valence-electron chi connectivity index (χ2n) is 3.36. The molecule has 0 saturated heterocycles. The van der Waals surface area contributed by atoms with E-state index in [2.05, 4.69) is 11.3 Å². The fourth-order valence-electron chi connectivity index (χ4n) is 1.23. The number of allylic oxidation sites excluding steroid dienone is 1. The fraction of sp³-hybridized carbons (Fsp3) is 0.273. The van der Waals surface area contributed by atoms with Gasteiger partial charge in [0.2, 0.25) is 0 Å². The number of ether oxygens (including phenoxy) is 1. The van der Waals surface area contributed by atoms with Crippen LogP contribution in [0.1, 0.15) is 18.1 Å². The van der Waals surface area contributed by atoms with Gasteiger partial charge in [0.15, 0.2) is 0 Å². The molecule has 0 aliphatic heterocycles. The van der Waals surface area contributed by atoms with E-state index in [-0.39, 0.29) is 5.75 Å². The van der Waals surface area contributed by atoms with Gasteiger partial charge in [0, 0.05) is 11.3 Å². The van der Waals surface area contributed by atoms with E-state index < -0.39 is 6.61 Å². The van der Waals surface area contributed by atoms with Gasteiger partial charge in [0.05, 0.1) is 0 Å². The molecule has 4 heteroatoms. The minimum absolute atomic E-state index is 0.115. The molecule has 2 nitrogen and oxygen atoms in total. The summed E-state index contributed by atoms with van der Waals surface area (Å²) in [5.41, 5.74) is 8.06. The van der Waals surface area contributed by atoms with Crippen LogP contribution in [0, 0.1) is 6.92 Å². The third-order valence-electron chi connectivity index (χ3n) is 2.04. The third-order valence-corrected chi connectivity index (χ3v) is 2.04. The Bertz CT molecular complexity index is 388. The van der Waals surface area contributed by atoms with Crippen LogP contribution in [0.5, 0.6) is 5.75 Å². The van der Waals surface area contributed by atoms with Crippen molar-refractivity contribution in [1.82, 2.24) is 0 Å². The van der Waals surface area contributed by atoms with Crippen molar-refractivity contribution in [2.45, 2.75) is 20.5 Å². The molecule has 0 unspecified atom stereocenters. The van der Waals surface area contributed by atoms with Crippen LogP contribution >= 0.6 is 0 Å². The SMILES string of the molecule is C=C(C)c1cc(N)c(C)cc1OC(F)F. The van der Waals surface area contributed by atoms with Gasteiger partial charge in [-0.3, -0.25) is 0 Å². The van der Waals surface area contributed by atoms with Gasteiger partial charge in [-0.2, -0.15) is 8.78 Å². The number of alkyl halides is 2. The quantitative estimate of drug-likeness (QED) is 0.782. The average molecular weight is 213 g/mol. The number of aryl methyl sites for hydroxylation is 1. The highest BCUT2D eigenvalue weighted by Gasteiger charge is 2.12. The topological polar surface area (TPSA) is 35.2 Å². The van der Waals surface area contributed by atoms with E-state index in [9.17, 15) is 8.78 Å². The number of hydrogen-bond acceptors (Lipinski definition) is 2. The Kier molecular flexibility index (Phi) is 3.29. The van der Waals surface area contributed by atoms with E-state index in [1.54, 1.807) is 19.9 Å². The fourth-order valence-corrected chi connectivity index (χ4v) is 1.23. The largest absolute Gasteiger partial charge is 0.434 e. The van der Waals surface area contributed by atoms with Crippen molar-refractivity contribution in [1.29, 1.82) is 0 Å². The van der Waals surface area contributed by atoms with Crippen molar-refractivity contribution in [2.24, 2.45) is 0 Å². The van der Waals surface area contributed by atoms with E-state index in [4.69, 9.17) is 5.73 Å². The summed E-state index contributed by atoms with van der Waals surface area (Å²) in [4.78, 5) is 0. The molecule has 0 saturated carbocycles. The molecule has 0 aliphatic carbocycles. The van der Waals surface area contributed by atoms with Crippen LogP contribution in [-0.2, 0) is 0 Å². The van der Waals surface area contributed by atoms with Gasteiger partial charge in [-0.25, -0.2) is 0 Å². The zero-order valence-corrected chi connectivity index (χ0v) is 8.68. The summed E-state index contributed by atoms with van der Waals surface area (Å²) >= 11 is 0. The van der Waals surface area contributed by atoms with Crippen molar-refractivity contribution in [2.75, 3.05) is 5.73 Å². The Morgan fingerprint density at radius 1 is 1.47 bits per heavy atom. The second kappa shape index (κ2) is 4.29. The van der Waals surface area contributed by atoms with Crippen molar-refractivity contribution < 1.29 is 13.5 Å². The number of nitrogens with two attached hydrogens (primary N) is 1. The molecule has 0 spiro atoms. The van der Waals surface area contributed by atoms with Crippen molar-refractivity contribution >= 4 is 11.3 Å². The normalized spacial score (nSPS) is 10.5. The number of nitrogen functional groups attached to an aromatic ring is 1. The Morgan fingerprint density at radius 2 is 2.07 bits per heavy atom. The highest BCUT2D eigenvalue weighted by Crippen LogP contribution is 2.30. The highest BCUT2D eigenvalue weighted by molar-refractivity contribution is 5.71. The Hall–Kier alpha value is -1.58. The van der Waals surface area contributed by atoms with Gasteiger partial charge in [-0.15, -0.1) is 0 Å². The summed E-state index contributed by atoms with van der Waals surface area (Å²) in [6, 6.07) is 3.08. The maximum absolute atomic E-state index is 12.1. The molecular formula is C11H13F2NO. The maximum Gasteiger partial charge on any atom is 0.387 e. The summed E-state index contributed by atoms with van der Waals surface area (Å²) in [5, 5.41) is 0. The first-order valence-corrected chi connectivity index (χ1v) is 4.42. The predicted molar refractivity (Wildman–Crippen MR) is 56.9 cm³/mol. The number of rotatable bonds is 3. The monoisotopic (exact) mass is 213 g/mol. The number of anilines is 1. The molecule has 1 aromatic carbocycles. The highest BCUT2D eigenvalue weighted by atomic mass is 19.3. The molecule has 0 heterocycles. The molecule has 0 aliphatic rings. The van der Waals surface area contributed by atoms with Gasteiger partial charge in [-0.05, 0) is 37.1 Å². The molecule has 15 heavy (non-hydrogen) atoms. The lowest BCUT2D eigenvalue weighted by atomic mass is 10.0. The van der Waals surface area contributed by atoms with Crippen molar-refractivity contribution in [3.63, 3.8) is 0 Å². The van der Waals surface area contributed by atoms with Gasteiger partial charge < -0.3 is 10.5 Å². The Labute approximate surface area is 87.4 Å². The summed E-state index contributed by atoms with van der Waals surface area (Å²) in [5.74, 6) is 0.115. The Morgan fingerprint density at radius 3 is 2.53 bits per heavy atom. The van der Waals surface area contributed by atoms with E-state index in [1.807, 2.05) is 0 Å². The lowest BCUT2D eigenvalue weighted by molar-refractivity contribution is -0.0500. The molecule has 0 aromatic heterocycles. The summed E-state index contributed by atoms with van der Waals surface area (Å²) in [6.45, 7) is 4.28. The van der Waals surface area contributed by atoms with E-state index >= 15 is 0 Å². The van der Waals surface area contributed by atoms with E-state index in [0.717, 1.165) is 0 Å². The average Bonchev–Trinajstić information content (AvgIpc) is 2.09. The van der Waals surface area contributed by atoms with Crippen molar-refractivity contribution in [3.8, 4) is 5.75 Å². The molecule has 1 aromatic rings. The zero-order valence-electron chi connectivity index (χ0n) is 8.68. The first-order valence-electron chi connectivity index (χ1n) is 4.42. The minimum Gasteiger partial charge on any atom is -0.434 e. The second-order valence-corrected chi connectivity index (χ2v) is 3.36. The number of hydrogen-bond donors (Lipinski definition) is 1. The van der Waals surface area contributed by atoms with Crippen molar-refractivity contribution in [3.05, 3.63) is 29.8 Å². The molecule has 0 radical (unpaired) electrons. The van der Waals surface area contributed by atoms with Gasteiger partial charge >= 0.3 is 6.61 Å². The Balaban J connectivity index is 3.22. The van der Waals surface area contributed by atoms with E-state index in [0.29, 0.717) is 22.4 Å². The van der Waals surface area contributed by atoms with Gasteiger partial charge in [0.25, 0.3) is 0 Å². The van der Waals surface area contributed by atoms with Crippen LogP contribution in [0.4, 0.5) is 14.5 Å². The molecule has 0 amide bonds. The van der Waals surface area contributed by atoms with Crippen LogP contribution in [0.25, 0.3) is 5.57 Å². The molecule has 82 valence electrons. The van der Waals surface area contributed by atoms with E-state index in [1.165, 1.54) is 6.07 Å². The molecular weight excluding hydrogens is 200 g/mol. The minimum atomic E-state index is -2.84. The number of halogens is 2. The third kappa shape index (κ3) is 2.68. The molecule has 0 fully saturated rings. The lowest BCUT2D eigenvalue weighted by Crippen LogP contribution is -2.05. The standard InChI is InChI=1S/C11H13F2NO/c1-6(2)8-5-9(14)7(3)4-10(8)15-11(12)13/h4-5,11H,1,14H2,2-3H3. The first-order chi connectivity index (χ1) is 6.91. The number of benzene rings is 1. The molecule has 1 rings (SSSR count). The van der Waals surface area contributed by atoms with Gasteiger partial charge in [-0.1, -0.05) is 6.58 Å². The predicted octanol–water partition coefficient (Wildman–Crippen LogP) is 3.21. The van der Waals surface area contributed by atoms with Crippen LogP contribution in [0.15, 0.2) is 18.7 Å². The summed E-state index contributed by atoms with van der Waals surface area (Å²) < 4.78 is 28.6. The molecule has 2 N–H and O–H groups in total. The zero-order chi connectivity index (χ0) is 11.6. The smallest absolute Gasteiger partial charge is 0.387 e. The molecule has 0 atom stereocenters. The maximum atomic E-state index is 12.1. The van der Waals surface area contributed by atoms with Crippen LogP contribution in [0.3, 0.4) is 0 Å².